The van der Waals surface area contributed by atoms with Crippen molar-refractivity contribution in [2.24, 2.45) is 5.73 Å². The van der Waals surface area contributed by atoms with E-state index in [0.717, 1.165) is 0 Å². The predicted octanol–water partition coefficient (Wildman–Crippen LogP) is -0.826. The Bertz CT molecular complexity index is 46.1. The molecule has 4 nitrogen and oxygen atoms in total. The second kappa shape index (κ2) is 4.45. The highest BCUT2D eigenvalue weighted by Crippen LogP contribution is 1.54. The van der Waals surface area contributed by atoms with E-state index in [9.17, 15) is 0 Å². The molecule has 0 aromatic carbocycles. The van der Waals surface area contributed by atoms with Gasteiger partial charge in [-0.2, -0.15) is 5.26 Å². The number of rotatable bonds is 0. The molecule has 0 spiro atoms. The molecule has 0 saturated carbocycles. The summed E-state index contributed by atoms with van der Waals surface area (Å²) in [5.41, 5.74) is 4.18. The van der Waals surface area contributed by atoms with Crippen LogP contribution in [-0.2, 0) is 4.89 Å². The van der Waals surface area contributed by atoms with Gasteiger partial charge < -0.3 is 5.73 Å². The van der Waals surface area contributed by atoms with Crippen LogP contribution in [0.2, 0.25) is 0 Å². The number of carbonyl (C=O) groups is 1. The minimum absolute atomic E-state index is 0. The molecule has 0 aliphatic carbocycles. The monoisotopic (exact) mass is 105 g/mol. The lowest BCUT2D eigenvalue weighted by Gasteiger charge is -1.76. The maximum Gasteiger partial charge on any atom is 0.435 e. The highest BCUT2D eigenvalue weighted by molar-refractivity contribution is 5.75. The number of hydrogen-bond acceptors (Lipinski definition) is 3. The van der Waals surface area contributed by atoms with Crippen LogP contribution >= 0.6 is 0 Å². The van der Waals surface area contributed by atoms with Crippen molar-refractivity contribution < 1.29 is 14.9 Å². The van der Waals surface area contributed by atoms with Gasteiger partial charge in [-0.3, -0.25) is 4.89 Å². The Morgan fingerprint density at radius 1 is 1.83 bits per heavy atom. The second-order valence-corrected chi connectivity index (χ2v) is 0.410. The Hall–Kier alpha value is -0.553. The van der Waals surface area contributed by atoms with Crippen LogP contribution in [-0.4, -0.2) is 22.3 Å². The van der Waals surface area contributed by atoms with E-state index in [-0.39, 0.29) is 11.0 Å². The first-order chi connectivity index (χ1) is 2.27. The minimum atomic E-state index is -1.19. The average molecular weight is 105 g/mol. The third kappa shape index (κ3) is 9.86. The van der Waals surface area contributed by atoms with Crippen LogP contribution in [0.5, 0.6) is 0 Å². The van der Waals surface area contributed by atoms with E-state index in [1.807, 2.05) is 0 Å². The van der Waals surface area contributed by atoms with Gasteiger partial charge in [-0.05, 0) is 0 Å². The van der Waals surface area contributed by atoms with E-state index in [1.165, 1.54) is 0 Å². The summed E-state index contributed by atoms with van der Waals surface area (Å²) in [6.07, 6.45) is -1.19. The van der Waals surface area contributed by atoms with Crippen molar-refractivity contribution in [1.29, 1.82) is 0 Å². The van der Waals surface area contributed by atoms with Crippen molar-refractivity contribution >= 4 is 17.1 Å². The smallest absolute Gasteiger partial charge is 0.333 e. The normalized spacial score (nSPS) is 5.50. The molecule has 0 aliphatic rings. The summed E-state index contributed by atoms with van der Waals surface area (Å²) in [6, 6.07) is 0. The zero-order chi connectivity index (χ0) is 4.28. The molecule has 0 heterocycles. The zero-order valence-electron chi connectivity index (χ0n) is 2.84. The van der Waals surface area contributed by atoms with Crippen LogP contribution < -0.4 is 5.73 Å². The molecule has 0 rings (SSSR count). The molecular formula is CH3NO3Si. The molecular weight excluding hydrogens is 102 g/mol. The molecule has 34 valence electrons. The summed E-state index contributed by atoms with van der Waals surface area (Å²) in [5, 5.41) is 7.17. The predicted molar refractivity (Wildman–Crippen MR) is 19.1 cm³/mol. The van der Waals surface area contributed by atoms with Crippen LogP contribution in [0.3, 0.4) is 0 Å². The van der Waals surface area contributed by atoms with Gasteiger partial charge in [-0.25, -0.2) is 4.79 Å². The Labute approximate surface area is 38.9 Å². The van der Waals surface area contributed by atoms with E-state index < -0.39 is 6.09 Å². The Balaban J connectivity index is 0. The summed E-state index contributed by atoms with van der Waals surface area (Å²) in [4.78, 5) is 12.0. The molecule has 5 heteroatoms. The molecule has 0 atom stereocenters. The fourth-order valence-electron chi connectivity index (χ4n) is 0. The Morgan fingerprint density at radius 3 is 2.00 bits per heavy atom. The highest BCUT2D eigenvalue weighted by atomic mass is 28.1. The number of hydrogen-bond donors (Lipinski definition) is 2. The summed E-state index contributed by atoms with van der Waals surface area (Å²) in [7, 11) is 0. The van der Waals surface area contributed by atoms with E-state index in [2.05, 4.69) is 10.6 Å². The van der Waals surface area contributed by atoms with Gasteiger partial charge >= 0.3 is 6.09 Å². The van der Waals surface area contributed by atoms with Gasteiger partial charge in [-0.1, -0.05) is 0 Å². The summed E-state index contributed by atoms with van der Waals surface area (Å²) in [5.74, 6) is 0. The molecule has 4 radical (unpaired) electrons. The Kier molecular flexibility index (Phi) is 6.72. The van der Waals surface area contributed by atoms with Crippen LogP contribution in [0, 0.1) is 0 Å². The molecule has 1 amide bonds. The first-order valence-corrected chi connectivity index (χ1v) is 0.879. The molecule has 0 unspecified atom stereocenters. The van der Waals surface area contributed by atoms with Gasteiger partial charge in [0.2, 0.25) is 0 Å². The average Bonchev–Trinajstić information content (AvgIpc) is 1.38. The lowest BCUT2D eigenvalue weighted by Crippen LogP contribution is -2.09. The van der Waals surface area contributed by atoms with Gasteiger partial charge in [0.1, 0.15) is 0 Å². The van der Waals surface area contributed by atoms with Crippen molar-refractivity contribution in [2.45, 2.75) is 0 Å². The highest BCUT2D eigenvalue weighted by Gasteiger charge is 1.79. The molecule has 0 saturated heterocycles. The largest absolute Gasteiger partial charge is 0.435 e. The molecule has 0 aliphatic heterocycles. The third-order valence-corrected chi connectivity index (χ3v) is 0.0900. The van der Waals surface area contributed by atoms with Gasteiger partial charge in [0.05, 0.1) is 0 Å². The number of carbonyl (C=O) groups excluding carboxylic acids is 1. The lowest BCUT2D eigenvalue weighted by molar-refractivity contribution is -0.174. The summed E-state index contributed by atoms with van der Waals surface area (Å²) < 4.78 is 0. The van der Waals surface area contributed by atoms with Crippen LogP contribution in [0.1, 0.15) is 0 Å². The summed E-state index contributed by atoms with van der Waals surface area (Å²) in [6.45, 7) is 0. The van der Waals surface area contributed by atoms with Gasteiger partial charge in [0.15, 0.2) is 0 Å². The van der Waals surface area contributed by atoms with Gasteiger partial charge in [-0.15, -0.1) is 0 Å². The zero-order valence-corrected chi connectivity index (χ0v) is 3.84. The SMILES string of the molecule is NC(=O)OO.[Si]. The van der Waals surface area contributed by atoms with Gasteiger partial charge in [0.25, 0.3) is 0 Å². The standard InChI is InChI=1S/CH3NO3.Si/c2-1(3)5-4;/h4H,(H2,2,3);. The first-order valence-electron chi connectivity index (χ1n) is 0.879. The summed E-state index contributed by atoms with van der Waals surface area (Å²) >= 11 is 0. The van der Waals surface area contributed by atoms with Crippen LogP contribution in [0.15, 0.2) is 0 Å². The van der Waals surface area contributed by atoms with Crippen molar-refractivity contribution in [1.82, 2.24) is 0 Å². The second-order valence-electron chi connectivity index (χ2n) is 0.410. The van der Waals surface area contributed by atoms with Crippen molar-refractivity contribution in [3.8, 4) is 0 Å². The van der Waals surface area contributed by atoms with Gasteiger partial charge in [0, 0.05) is 11.0 Å². The quantitative estimate of drug-likeness (QED) is 0.240. The van der Waals surface area contributed by atoms with E-state index in [1.54, 1.807) is 0 Å². The Morgan fingerprint density at radius 2 is 2.00 bits per heavy atom. The first kappa shape index (κ1) is 9.07. The minimum Gasteiger partial charge on any atom is -0.333 e. The molecule has 3 N–H and O–H groups in total. The van der Waals surface area contributed by atoms with Crippen LogP contribution in [0.4, 0.5) is 4.79 Å². The molecule has 6 heavy (non-hydrogen) atoms. The maximum atomic E-state index is 9.12. The molecule has 0 bridgehead atoms. The van der Waals surface area contributed by atoms with E-state index in [4.69, 9.17) is 10.1 Å². The fourth-order valence-corrected chi connectivity index (χ4v) is 0. The number of primary amides is 1. The van der Waals surface area contributed by atoms with E-state index in [0.29, 0.717) is 0 Å². The van der Waals surface area contributed by atoms with Crippen molar-refractivity contribution in [3.05, 3.63) is 0 Å². The lowest BCUT2D eigenvalue weighted by atomic mass is 11.3. The van der Waals surface area contributed by atoms with Crippen molar-refractivity contribution in [3.63, 3.8) is 0 Å². The number of nitrogens with two attached hydrogens (primary N) is 1. The van der Waals surface area contributed by atoms with E-state index >= 15 is 0 Å². The molecule has 0 aromatic heterocycles. The number of amides is 1. The maximum absolute atomic E-state index is 9.12. The van der Waals surface area contributed by atoms with Crippen molar-refractivity contribution in [2.75, 3.05) is 0 Å². The third-order valence-electron chi connectivity index (χ3n) is 0.0900. The topological polar surface area (TPSA) is 72.6 Å². The fraction of sp³-hybridized carbons (Fsp3) is 0. The van der Waals surface area contributed by atoms with Crippen LogP contribution in [0.25, 0.3) is 0 Å². The molecule has 0 fully saturated rings. The molecule has 0 aromatic rings.